The van der Waals surface area contributed by atoms with Gasteiger partial charge in [0.25, 0.3) is 0 Å². The number of nitrogens with zero attached hydrogens (tertiary/aromatic N) is 1. The fraction of sp³-hybridized carbons (Fsp3) is 0.429. The number of benzene rings is 2. The Morgan fingerprint density at radius 2 is 1.70 bits per heavy atom. The van der Waals surface area contributed by atoms with E-state index in [1.54, 1.807) is 0 Å². The molecule has 0 spiro atoms. The quantitative estimate of drug-likeness (QED) is 0.805. The van der Waals surface area contributed by atoms with Crippen LogP contribution in [0.2, 0.25) is 0 Å². The van der Waals surface area contributed by atoms with Gasteiger partial charge in [0, 0.05) is 19.1 Å². The van der Waals surface area contributed by atoms with Crippen LogP contribution in [0.25, 0.3) is 0 Å². The lowest BCUT2D eigenvalue weighted by Gasteiger charge is -2.28. The summed E-state index contributed by atoms with van der Waals surface area (Å²) >= 11 is 0. The molecule has 0 heterocycles. The molecule has 0 saturated carbocycles. The Labute approximate surface area is 140 Å². The van der Waals surface area contributed by atoms with Crippen molar-refractivity contribution in [1.29, 1.82) is 0 Å². The summed E-state index contributed by atoms with van der Waals surface area (Å²) in [7, 11) is 0. The summed E-state index contributed by atoms with van der Waals surface area (Å²) in [5.74, 6) is 0. The van der Waals surface area contributed by atoms with E-state index in [0.29, 0.717) is 6.04 Å². The molecule has 0 aliphatic heterocycles. The molecule has 0 fully saturated rings. The Hall–Kier alpha value is -1.64. The normalized spacial score (nSPS) is 12.8. The summed E-state index contributed by atoms with van der Waals surface area (Å²) in [5, 5.41) is 10.6. The van der Waals surface area contributed by atoms with Crippen LogP contribution in [0.15, 0.2) is 48.5 Å². The predicted molar refractivity (Wildman–Crippen MR) is 97.5 cm³/mol. The molecule has 0 bridgehead atoms. The monoisotopic (exact) mass is 311 g/mol. The summed E-state index contributed by atoms with van der Waals surface area (Å²) in [4.78, 5) is 2.42. The van der Waals surface area contributed by atoms with E-state index in [4.69, 9.17) is 0 Å². The molecule has 0 aliphatic carbocycles. The first-order chi connectivity index (χ1) is 11.0. The van der Waals surface area contributed by atoms with Crippen molar-refractivity contribution in [2.75, 3.05) is 6.54 Å². The van der Waals surface area contributed by atoms with Crippen LogP contribution in [0.5, 0.6) is 0 Å². The van der Waals surface area contributed by atoms with E-state index in [1.165, 1.54) is 16.7 Å². The summed E-state index contributed by atoms with van der Waals surface area (Å²) in [6.07, 6.45) is 0.363. The van der Waals surface area contributed by atoms with Gasteiger partial charge in [0.05, 0.1) is 6.10 Å². The average Bonchev–Trinajstić information content (AvgIpc) is 2.51. The van der Waals surface area contributed by atoms with E-state index in [1.807, 2.05) is 6.07 Å². The number of aliphatic hydroxyl groups is 1. The predicted octanol–water partition coefficient (Wildman–Crippen LogP) is 4.64. The van der Waals surface area contributed by atoms with Gasteiger partial charge in [-0.1, -0.05) is 54.1 Å². The van der Waals surface area contributed by atoms with Crippen molar-refractivity contribution in [3.63, 3.8) is 0 Å². The van der Waals surface area contributed by atoms with Crippen LogP contribution >= 0.6 is 0 Å². The van der Waals surface area contributed by atoms with Crippen LogP contribution in [0, 0.1) is 13.8 Å². The topological polar surface area (TPSA) is 23.5 Å². The van der Waals surface area contributed by atoms with Gasteiger partial charge in [0.2, 0.25) is 0 Å². The maximum absolute atomic E-state index is 10.6. The Morgan fingerprint density at radius 3 is 2.30 bits per heavy atom. The first-order valence-electron chi connectivity index (χ1n) is 8.50. The highest BCUT2D eigenvalue weighted by atomic mass is 16.3. The zero-order valence-corrected chi connectivity index (χ0v) is 14.8. The summed E-state index contributed by atoms with van der Waals surface area (Å²) in [6.45, 7) is 10.4. The van der Waals surface area contributed by atoms with Gasteiger partial charge in [-0.15, -0.1) is 0 Å². The van der Waals surface area contributed by atoms with Gasteiger partial charge in [-0.3, -0.25) is 4.90 Å². The number of hydrogen-bond acceptors (Lipinski definition) is 2. The van der Waals surface area contributed by atoms with Crippen molar-refractivity contribution in [1.82, 2.24) is 4.90 Å². The minimum Gasteiger partial charge on any atom is -0.388 e. The molecule has 1 atom stereocenters. The highest BCUT2D eigenvalue weighted by Gasteiger charge is 2.15. The standard InChI is InChI=1S/C21H29NO/c1-16(2)22(15-19-8-6-5-7-9-19)13-12-21(23)20-11-10-17(3)14-18(20)4/h5-11,14,16,21,23H,12-13,15H2,1-4H3. The Balaban J connectivity index is 1.98. The smallest absolute Gasteiger partial charge is 0.0804 e. The lowest BCUT2D eigenvalue weighted by Crippen LogP contribution is -2.32. The number of rotatable bonds is 7. The second-order valence-electron chi connectivity index (χ2n) is 6.71. The largest absolute Gasteiger partial charge is 0.388 e. The minimum atomic E-state index is -0.396. The van der Waals surface area contributed by atoms with E-state index in [0.717, 1.165) is 25.1 Å². The van der Waals surface area contributed by atoms with Crippen LogP contribution in [0.3, 0.4) is 0 Å². The number of aliphatic hydroxyl groups excluding tert-OH is 1. The molecular formula is C21H29NO. The van der Waals surface area contributed by atoms with Gasteiger partial charge in [-0.25, -0.2) is 0 Å². The first-order valence-corrected chi connectivity index (χ1v) is 8.50. The zero-order valence-electron chi connectivity index (χ0n) is 14.8. The summed E-state index contributed by atoms with van der Waals surface area (Å²) in [6, 6.07) is 17.3. The van der Waals surface area contributed by atoms with E-state index < -0.39 is 6.10 Å². The maximum atomic E-state index is 10.6. The highest BCUT2D eigenvalue weighted by molar-refractivity contribution is 5.31. The van der Waals surface area contributed by atoms with Crippen molar-refractivity contribution in [3.05, 3.63) is 70.8 Å². The molecule has 0 aromatic heterocycles. The van der Waals surface area contributed by atoms with Crippen molar-refractivity contribution in [3.8, 4) is 0 Å². The van der Waals surface area contributed by atoms with Crippen LogP contribution in [-0.2, 0) is 6.54 Å². The molecule has 124 valence electrons. The van der Waals surface area contributed by atoms with Gasteiger partial charge in [0.1, 0.15) is 0 Å². The molecule has 1 unspecified atom stereocenters. The lowest BCUT2D eigenvalue weighted by molar-refractivity contribution is 0.126. The fourth-order valence-electron chi connectivity index (χ4n) is 2.98. The second kappa shape index (κ2) is 8.28. The third kappa shape index (κ3) is 5.19. The molecule has 2 nitrogen and oxygen atoms in total. The highest BCUT2D eigenvalue weighted by Crippen LogP contribution is 2.22. The molecule has 2 heteroatoms. The third-order valence-corrected chi connectivity index (χ3v) is 4.43. The molecule has 0 amide bonds. The Kier molecular flexibility index (Phi) is 6.37. The molecule has 0 radical (unpaired) electrons. The number of hydrogen-bond donors (Lipinski definition) is 1. The van der Waals surface area contributed by atoms with Crippen molar-refractivity contribution < 1.29 is 5.11 Å². The van der Waals surface area contributed by atoms with E-state index in [-0.39, 0.29) is 0 Å². The molecule has 23 heavy (non-hydrogen) atoms. The second-order valence-corrected chi connectivity index (χ2v) is 6.71. The molecule has 2 rings (SSSR count). The van der Waals surface area contributed by atoms with Gasteiger partial charge in [-0.2, -0.15) is 0 Å². The SMILES string of the molecule is Cc1ccc(C(O)CCN(Cc2ccccc2)C(C)C)c(C)c1. The van der Waals surface area contributed by atoms with Gasteiger partial charge in [-0.05, 0) is 50.8 Å². The van der Waals surface area contributed by atoms with Crippen molar-refractivity contribution in [2.24, 2.45) is 0 Å². The fourth-order valence-corrected chi connectivity index (χ4v) is 2.98. The van der Waals surface area contributed by atoms with Crippen molar-refractivity contribution >= 4 is 0 Å². The zero-order chi connectivity index (χ0) is 16.8. The summed E-state index contributed by atoms with van der Waals surface area (Å²) in [5.41, 5.74) is 4.80. The van der Waals surface area contributed by atoms with Gasteiger partial charge >= 0.3 is 0 Å². The van der Waals surface area contributed by atoms with Gasteiger partial charge < -0.3 is 5.11 Å². The maximum Gasteiger partial charge on any atom is 0.0804 e. The number of aryl methyl sites for hydroxylation is 2. The lowest BCUT2D eigenvalue weighted by atomic mass is 9.99. The van der Waals surface area contributed by atoms with Crippen LogP contribution in [0.4, 0.5) is 0 Å². The van der Waals surface area contributed by atoms with Crippen LogP contribution in [-0.4, -0.2) is 22.6 Å². The average molecular weight is 311 g/mol. The van der Waals surface area contributed by atoms with Gasteiger partial charge in [0.15, 0.2) is 0 Å². The van der Waals surface area contributed by atoms with E-state index in [2.05, 4.69) is 75.1 Å². The molecule has 1 N–H and O–H groups in total. The third-order valence-electron chi connectivity index (χ3n) is 4.43. The Bertz CT molecular complexity index is 606. The van der Waals surface area contributed by atoms with E-state index >= 15 is 0 Å². The Morgan fingerprint density at radius 1 is 1.00 bits per heavy atom. The molecular weight excluding hydrogens is 282 g/mol. The van der Waals surface area contributed by atoms with Crippen LogP contribution in [0.1, 0.15) is 48.6 Å². The summed E-state index contributed by atoms with van der Waals surface area (Å²) < 4.78 is 0. The first kappa shape index (κ1) is 17.7. The minimum absolute atomic E-state index is 0.396. The molecule has 0 saturated heterocycles. The van der Waals surface area contributed by atoms with E-state index in [9.17, 15) is 5.11 Å². The van der Waals surface area contributed by atoms with Crippen molar-refractivity contribution in [2.45, 2.75) is 52.8 Å². The van der Waals surface area contributed by atoms with Crippen LogP contribution < -0.4 is 0 Å². The molecule has 2 aromatic rings. The molecule has 2 aromatic carbocycles. The molecule has 0 aliphatic rings.